The Morgan fingerprint density at radius 2 is 1.43 bits per heavy atom. The first-order chi connectivity index (χ1) is 16.9. The van der Waals surface area contributed by atoms with Crippen molar-refractivity contribution in [2.24, 2.45) is 0 Å². The largest absolute Gasteiger partial charge is 0.493 e. The Bertz CT molecular complexity index is 1200. The van der Waals surface area contributed by atoms with Crippen LogP contribution in [0.15, 0.2) is 58.9 Å². The minimum atomic E-state index is -0.334. The van der Waals surface area contributed by atoms with E-state index in [0.29, 0.717) is 30.9 Å². The Balaban J connectivity index is 1.53. The van der Waals surface area contributed by atoms with Crippen LogP contribution in [0, 0.1) is 13.8 Å². The van der Waals surface area contributed by atoms with Gasteiger partial charge >= 0.3 is 0 Å². The van der Waals surface area contributed by atoms with Crippen LogP contribution < -0.4 is 9.47 Å². The maximum absolute atomic E-state index is 13.2. The Labute approximate surface area is 207 Å². The summed E-state index contributed by atoms with van der Waals surface area (Å²) in [6.07, 6.45) is 4.53. The van der Waals surface area contributed by atoms with E-state index in [1.165, 1.54) is 11.1 Å². The van der Waals surface area contributed by atoms with E-state index < -0.39 is 0 Å². The first kappa shape index (κ1) is 23.4. The number of aryl methyl sites for hydroxylation is 2. The van der Waals surface area contributed by atoms with Crippen molar-refractivity contribution in [3.8, 4) is 11.5 Å². The molecule has 5 nitrogen and oxygen atoms in total. The van der Waals surface area contributed by atoms with Crippen molar-refractivity contribution in [1.29, 1.82) is 0 Å². The number of carbonyl (C=O) groups is 2. The number of hydrogen-bond donors (Lipinski definition) is 0. The summed E-state index contributed by atoms with van der Waals surface area (Å²) in [5.41, 5.74) is 8.17. The molecule has 0 saturated heterocycles. The predicted octanol–water partition coefficient (Wildman–Crippen LogP) is 5.93. The number of carbonyl (C=O) groups excluding carboxylic acids is 2. The van der Waals surface area contributed by atoms with Gasteiger partial charge < -0.3 is 14.4 Å². The van der Waals surface area contributed by atoms with Crippen molar-refractivity contribution in [1.82, 2.24) is 4.90 Å². The van der Waals surface area contributed by atoms with Gasteiger partial charge in [0, 0.05) is 48.3 Å². The molecule has 1 aliphatic heterocycles. The number of methoxy groups -OCH3 is 1. The summed E-state index contributed by atoms with van der Waals surface area (Å²) in [6.45, 7) is 4.60. The van der Waals surface area contributed by atoms with Crippen molar-refractivity contribution in [2.75, 3.05) is 14.2 Å². The molecular weight excluding hydrogens is 438 g/mol. The van der Waals surface area contributed by atoms with Gasteiger partial charge in [0.1, 0.15) is 6.61 Å². The summed E-state index contributed by atoms with van der Waals surface area (Å²) in [4.78, 5) is 28.5. The summed E-state index contributed by atoms with van der Waals surface area (Å²) in [5.74, 6) is 1.24. The van der Waals surface area contributed by atoms with Crippen molar-refractivity contribution >= 4 is 11.6 Å². The van der Waals surface area contributed by atoms with Crippen LogP contribution in [0.5, 0.6) is 11.5 Å². The van der Waals surface area contributed by atoms with Gasteiger partial charge in [-0.1, -0.05) is 35.4 Å². The van der Waals surface area contributed by atoms with E-state index in [1.807, 2.05) is 25.2 Å². The summed E-state index contributed by atoms with van der Waals surface area (Å²) < 4.78 is 11.9. The van der Waals surface area contributed by atoms with Gasteiger partial charge in [-0.25, -0.2) is 0 Å². The molecule has 2 aromatic rings. The SMILES string of the molecule is COc1cc(C2C3=C(CCCC3=O)N(C)C3=C2C(=O)CCC3)ccc1OCc1cc(C)cc(C)c1. The third-order valence-electron chi connectivity index (χ3n) is 7.44. The molecule has 0 N–H and O–H groups in total. The zero-order valence-corrected chi connectivity index (χ0v) is 21.1. The second-order valence-corrected chi connectivity index (χ2v) is 9.96. The van der Waals surface area contributed by atoms with Crippen LogP contribution in [-0.4, -0.2) is 30.6 Å². The van der Waals surface area contributed by atoms with Crippen LogP contribution in [0.25, 0.3) is 0 Å². The summed E-state index contributed by atoms with van der Waals surface area (Å²) in [7, 11) is 3.65. The number of ether oxygens (including phenoxy) is 2. The molecule has 0 saturated carbocycles. The highest BCUT2D eigenvalue weighted by Gasteiger charge is 2.42. The molecule has 0 unspecified atom stereocenters. The maximum Gasteiger partial charge on any atom is 0.161 e. The standard InChI is InChI=1S/C30H33NO4/c1-18-13-19(2)15-20(14-18)17-35-26-12-11-21(16-27(26)34-4)28-29-22(7-5-9-24(29)32)31(3)23-8-6-10-25(33)30(23)28/h11-16,28H,5-10,17H2,1-4H3. The van der Waals surface area contributed by atoms with Crippen LogP contribution in [-0.2, 0) is 16.2 Å². The van der Waals surface area contributed by atoms with Gasteiger partial charge in [0.2, 0.25) is 0 Å². The Kier molecular flexibility index (Phi) is 6.26. The Hall–Kier alpha value is -3.34. The van der Waals surface area contributed by atoms with E-state index in [1.54, 1.807) is 7.11 Å². The van der Waals surface area contributed by atoms with Crippen molar-refractivity contribution in [3.63, 3.8) is 0 Å². The fraction of sp³-hybridized carbons (Fsp3) is 0.400. The lowest BCUT2D eigenvalue weighted by molar-refractivity contribution is -0.117. The number of allylic oxidation sites excluding steroid dienone is 4. The molecule has 5 heteroatoms. The molecule has 5 rings (SSSR count). The first-order valence-electron chi connectivity index (χ1n) is 12.5. The van der Waals surface area contributed by atoms with Gasteiger partial charge in [0.05, 0.1) is 7.11 Å². The topological polar surface area (TPSA) is 55.8 Å². The molecule has 0 fully saturated rings. The molecule has 1 heterocycles. The van der Waals surface area contributed by atoms with E-state index in [2.05, 4.69) is 36.9 Å². The highest BCUT2D eigenvalue weighted by atomic mass is 16.5. The van der Waals surface area contributed by atoms with Crippen molar-refractivity contribution in [3.05, 3.63) is 81.2 Å². The molecule has 0 spiro atoms. The molecule has 0 amide bonds. The van der Waals surface area contributed by atoms with E-state index in [0.717, 1.165) is 59.4 Å². The number of nitrogens with zero attached hydrogens (tertiary/aromatic N) is 1. The summed E-state index contributed by atoms with van der Waals surface area (Å²) in [5, 5.41) is 0. The van der Waals surface area contributed by atoms with Gasteiger partial charge in [0.15, 0.2) is 23.1 Å². The fourth-order valence-electron chi connectivity index (χ4n) is 5.98. The second-order valence-electron chi connectivity index (χ2n) is 9.96. The summed E-state index contributed by atoms with van der Waals surface area (Å²) >= 11 is 0. The molecule has 2 aliphatic carbocycles. The molecule has 182 valence electrons. The quantitative estimate of drug-likeness (QED) is 0.541. The zero-order chi connectivity index (χ0) is 24.7. The first-order valence-corrected chi connectivity index (χ1v) is 12.5. The van der Waals surface area contributed by atoms with Gasteiger partial charge in [-0.05, 0) is 62.8 Å². The van der Waals surface area contributed by atoms with E-state index >= 15 is 0 Å². The predicted molar refractivity (Wildman–Crippen MR) is 136 cm³/mol. The van der Waals surface area contributed by atoms with Crippen LogP contribution >= 0.6 is 0 Å². The molecule has 0 atom stereocenters. The monoisotopic (exact) mass is 471 g/mol. The summed E-state index contributed by atoms with van der Waals surface area (Å²) in [6, 6.07) is 12.2. The molecule has 35 heavy (non-hydrogen) atoms. The Morgan fingerprint density at radius 1 is 0.829 bits per heavy atom. The lowest BCUT2D eigenvalue weighted by Gasteiger charge is -2.42. The highest BCUT2D eigenvalue weighted by Crippen LogP contribution is 2.49. The second kappa shape index (κ2) is 9.37. The molecule has 0 bridgehead atoms. The van der Waals surface area contributed by atoms with Crippen molar-refractivity contribution in [2.45, 2.75) is 64.9 Å². The minimum absolute atomic E-state index is 0.155. The third-order valence-corrected chi connectivity index (χ3v) is 7.44. The van der Waals surface area contributed by atoms with Crippen LogP contribution in [0.2, 0.25) is 0 Å². The average Bonchev–Trinajstić information content (AvgIpc) is 2.83. The number of benzene rings is 2. The van der Waals surface area contributed by atoms with Gasteiger partial charge in [-0.3, -0.25) is 9.59 Å². The minimum Gasteiger partial charge on any atom is -0.493 e. The molecule has 3 aliphatic rings. The number of hydrogen-bond acceptors (Lipinski definition) is 5. The van der Waals surface area contributed by atoms with Crippen molar-refractivity contribution < 1.29 is 19.1 Å². The van der Waals surface area contributed by atoms with Gasteiger partial charge in [-0.2, -0.15) is 0 Å². The fourth-order valence-corrected chi connectivity index (χ4v) is 5.98. The third kappa shape index (κ3) is 4.29. The lowest BCUT2D eigenvalue weighted by atomic mass is 9.71. The maximum atomic E-state index is 13.2. The van der Waals surface area contributed by atoms with Crippen LogP contribution in [0.1, 0.15) is 66.7 Å². The van der Waals surface area contributed by atoms with E-state index in [9.17, 15) is 9.59 Å². The average molecular weight is 472 g/mol. The molecule has 0 aromatic heterocycles. The Morgan fingerprint density at radius 3 is 2.00 bits per heavy atom. The van der Waals surface area contributed by atoms with Gasteiger partial charge in [0.25, 0.3) is 0 Å². The normalized spacial score (nSPS) is 18.6. The number of rotatable bonds is 5. The van der Waals surface area contributed by atoms with E-state index in [4.69, 9.17) is 9.47 Å². The van der Waals surface area contributed by atoms with Crippen LogP contribution in [0.4, 0.5) is 0 Å². The van der Waals surface area contributed by atoms with Crippen LogP contribution in [0.3, 0.4) is 0 Å². The molecule has 0 radical (unpaired) electrons. The number of Topliss-reactive ketones (excluding diaryl/α,β-unsaturated/α-hetero) is 2. The highest BCUT2D eigenvalue weighted by molar-refractivity contribution is 6.06. The van der Waals surface area contributed by atoms with E-state index in [-0.39, 0.29) is 17.5 Å². The molecular formula is C30H33NO4. The molecule has 2 aromatic carbocycles. The van der Waals surface area contributed by atoms with Gasteiger partial charge in [-0.15, -0.1) is 0 Å². The zero-order valence-electron chi connectivity index (χ0n) is 21.1. The lowest BCUT2D eigenvalue weighted by Crippen LogP contribution is -2.37. The number of ketones is 2. The smallest absolute Gasteiger partial charge is 0.161 e.